The Labute approximate surface area is 254 Å². The first-order valence-electron chi connectivity index (χ1n) is 13.7. The molecule has 7 aromatic rings. The van der Waals surface area contributed by atoms with Crippen molar-refractivity contribution in [3.63, 3.8) is 0 Å². The maximum absolute atomic E-state index is 14.7. The summed E-state index contributed by atoms with van der Waals surface area (Å²) in [6.07, 6.45) is 2.28. The van der Waals surface area contributed by atoms with Crippen molar-refractivity contribution in [3.05, 3.63) is 90.8 Å². The number of hydrogen-bond donors (Lipinski definition) is 0. The second-order valence-electron chi connectivity index (χ2n) is 10.6. The van der Waals surface area contributed by atoms with Crippen molar-refractivity contribution in [3.8, 4) is 51.2 Å². The predicted molar refractivity (Wildman–Crippen MR) is 163 cm³/mol. The molecular formula is C32H21F2N5O5S. The molecule has 0 saturated heterocycles. The van der Waals surface area contributed by atoms with Crippen LogP contribution < -0.4 is 9.04 Å². The van der Waals surface area contributed by atoms with E-state index in [1.54, 1.807) is 48.5 Å². The van der Waals surface area contributed by atoms with E-state index < -0.39 is 15.8 Å². The molecule has 0 fully saturated rings. The van der Waals surface area contributed by atoms with Gasteiger partial charge in [0, 0.05) is 35.0 Å². The molecule has 3 aromatic carbocycles. The van der Waals surface area contributed by atoms with Gasteiger partial charge in [0.2, 0.25) is 16.4 Å². The summed E-state index contributed by atoms with van der Waals surface area (Å²) in [4.78, 5) is 4.94. The van der Waals surface area contributed by atoms with E-state index in [4.69, 9.17) is 18.6 Å². The fourth-order valence-corrected chi connectivity index (χ4v) is 6.20. The fraction of sp³-hybridized carbons (Fsp3) is 0.0938. The number of hydrogen-bond acceptors (Lipinski definition) is 8. The van der Waals surface area contributed by atoms with Crippen molar-refractivity contribution in [2.24, 2.45) is 0 Å². The van der Waals surface area contributed by atoms with E-state index in [9.17, 15) is 17.2 Å². The monoisotopic (exact) mass is 625 g/mol. The van der Waals surface area contributed by atoms with Crippen LogP contribution in [0.3, 0.4) is 0 Å². The van der Waals surface area contributed by atoms with Gasteiger partial charge in [-0.05, 0) is 60.7 Å². The van der Waals surface area contributed by atoms with Crippen molar-refractivity contribution in [2.45, 2.75) is 6.73 Å². The average Bonchev–Trinajstić information content (AvgIpc) is 3.77. The predicted octanol–water partition coefficient (Wildman–Crippen LogP) is 6.86. The Hall–Kier alpha value is -5.56. The summed E-state index contributed by atoms with van der Waals surface area (Å²) >= 11 is 0. The molecule has 1 aliphatic rings. The molecule has 45 heavy (non-hydrogen) atoms. The molecule has 0 atom stereocenters. The Morgan fingerprint density at radius 2 is 1.80 bits per heavy atom. The first-order chi connectivity index (χ1) is 21.7. The van der Waals surface area contributed by atoms with Gasteiger partial charge in [-0.1, -0.05) is 6.07 Å². The molecular weight excluding hydrogens is 604 g/mol. The molecule has 10 nitrogen and oxygen atoms in total. The topological polar surface area (TPSA) is 116 Å². The van der Waals surface area contributed by atoms with Crippen LogP contribution >= 0.6 is 0 Å². The van der Waals surface area contributed by atoms with E-state index in [2.05, 4.69) is 10.2 Å². The highest BCUT2D eigenvalue weighted by Crippen LogP contribution is 2.46. The normalized spacial score (nSPS) is 12.7. The van der Waals surface area contributed by atoms with Gasteiger partial charge in [-0.2, -0.15) is 0 Å². The Bertz CT molecular complexity index is 2400. The van der Waals surface area contributed by atoms with Crippen LogP contribution in [0.25, 0.3) is 67.3 Å². The maximum Gasteiger partial charge on any atom is 0.251 e. The van der Waals surface area contributed by atoms with Crippen LogP contribution in [0.4, 0.5) is 14.5 Å². The number of pyridine rings is 1. The molecule has 0 aliphatic carbocycles. The summed E-state index contributed by atoms with van der Waals surface area (Å²) in [6.45, 7) is 0.180. The van der Waals surface area contributed by atoms with Crippen molar-refractivity contribution < 1.29 is 30.8 Å². The zero-order valence-corrected chi connectivity index (χ0v) is 24.5. The molecule has 0 bridgehead atoms. The SMILES string of the molecule is CN(c1cc2oc(-c3ccc(F)cc3)c(-c3nnco3)c2cc1-c1ccc2c(n1)-c1cc3c(F)cccc3n1CO2)S(C)(=O)=O. The number of nitrogens with zero attached hydrogens (tertiary/aromatic N) is 5. The van der Waals surface area contributed by atoms with Gasteiger partial charge in [0.05, 0.1) is 34.4 Å². The number of fused-ring (bicyclic) bond motifs is 6. The van der Waals surface area contributed by atoms with Gasteiger partial charge in [-0.15, -0.1) is 10.2 Å². The zero-order chi connectivity index (χ0) is 31.0. The van der Waals surface area contributed by atoms with Gasteiger partial charge in [0.1, 0.15) is 34.4 Å². The summed E-state index contributed by atoms with van der Waals surface area (Å²) < 4.78 is 75.0. The van der Waals surface area contributed by atoms with E-state index in [0.717, 1.165) is 10.6 Å². The number of halogens is 2. The quantitative estimate of drug-likeness (QED) is 0.204. The smallest absolute Gasteiger partial charge is 0.251 e. The van der Waals surface area contributed by atoms with Crippen LogP contribution in [0, 0.1) is 11.6 Å². The molecule has 4 aromatic heterocycles. The highest BCUT2D eigenvalue weighted by Gasteiger charge is 2.28. The van der Waals surface area contributed by atoms with Gasteiger partial charge in [0.25, 0.3) is 5.89 Å². The lowest BCUT2D eigenvalue weighted by atomic mass is 10.0. The number of sulfonamides is 1. The Balaban J connectivity index is 1.40. The summed E-state index contributed by atoms with van der Waals surface area (Å²) in [5.74, 6) is 0.208. The third-order valence-electron chi connectivity index (χ3n) is 7.94. The Kier molecular flexibility index (Phi) is 5.84. The second-order valence-corrected chi connectivity index (χ2v) is 12.6. The average molecular weight is 626 g/mol. The highest BCUT2D eigenvalue weighted by atomic mass is 32.2. The summed E-state index contributed by atoms with van der Waals surface area (Å²) in [5.41, 5.74) is 4.27. The first-order valence-corrected chi connectivity index (χ1v) is 15.5. The molecule has 0 saturated carbocycles. The van der Waals surface area contributed by atoms with Gasteiger partial charge in [-0.25, -0.2) is 22.2 Å². The zero-order valence-electron chi connectivity index (χ0n) is 23.7. The molecule has 0 amide bonds. The lowest BCUT2D eigenvalue weighted by Gasteiger charge is -2.23. The van der Waals surface area contributed by atoms with Crippen LogP contribution in [-0.2, 0) is 16.8 Å². The number of benzene rings is 3. The minimum Gasteiger partial charge on any atom is -0.470 e. The van der Waals surface area contributed by atoms with E-state index in [1.807, 2.05) is 10.6 Å². The van der Waals surface area contributed by atoms with Crippen LogP contribution in [0.15, 0.2) is 88.0 Å². The number of anilines is 1. The van der Waals surface area contributed by atoms with Crippen LogP contribution in [0.5, 0.6) is 5.75 Å². The molecule has 1 aliphatic heterocycles. The number of rotatable bonds is 5. The summed E-state index contributed by atoms with van der Waals surface area (Å²) in [7, 11) is -2.30. The highest BCUT2D eigenvalue weighted by molar-refractivity contribution is 7.92. The van der Waals surface area contributed by atoms with E-state index >= 15 is 0 Å². The van der Waals surface area contributed by atoms with E-state index in [0.29, 0.717) is 67.2 Å². The van der Waals surface area contributed by atoms with Gasteiger partial charge in [-0.3, -0.25) is 4.31 Å². The third kappa shape index (κ3) is 4.26. The lowest BCUT2D eigenvalue weighted by molar-refractivity contribution is 0.234. The molecule has 0 unspecified atom stereocenters. The maximum atomic E-state index is 14.7. The number of aromatic nitrogens is 4. The lowest BCUT2D eigenvalue weighted by Crippen LogP contribution is -2.25. The minimum atomic E-state index is -3.74. The number of furan rings is 1. The van der Waals surface area contributed by atoms with Crippen molar-refractivity contribution in [1.82, 2.24) is 19.7 Å². The standard InChI is InChI=1S/C32H21F2N5O5S/c1-38(45(2,40)41)25-14-28-21(29(32-37-35-15-42-32)31(44-28)17-6-8-18(33)9-7-17)12-20(25)23-10-11-27-30(36-23)26-13-19-22(34)4-3-5-24(19)39(26)16-43-27/h3-15H,16H2,1-2H3. The molecule has 13 heteroatoms. The van der Waals surface area contributed by atoms with Crippen molar-refractivity contribution in [1.29, 1.82) is 0 Å². The molecule has 0 radical (unpaired) electrons. The van der Waals surface area contributed by atoms with Crippen LogP contribution in [0.2, 0.25) is 0 Å². The largest absolute Gasteiger partial charge is 0.470 e. The number of ether oxygens (including phenoxy) is 1. The first kappa shape index (κ1) is 27.0. The van der Waals surface area contributed by atoms with Gasteiger partial charge < -0.3 is 18.1 Å². The Morgan fingerprint density at radius 3 is 2.56 bits per heavy atom. The molecule has 224 valence electrons. The molecule has 8 rings (SSSR count). The summed E-state index contributed by atoms with van der Waals surface area (Å²) in [5, 5.41) is 8.89. The molecule has 0 N–H and O–H groups in total. The van der Waals surface area contributed by atoms with Crippen molar-refractivity contribution >= 4 is 37.6 Å². The van der Waals surface area contributed by atoms with E-state index in [1.165, 1.54) is 31.6 Å². The fourth-order valence-electron chi connectivity index (χ4n) is 5.69. The Morgan fingerprint density at radius 1 is 0.978 bits per heavy atom. The third-order valence-corrected chi connectivity index (χ3v) is 9.13. The van der Waals surface area contributed by atoms with Crippen molar-refractivity contribution in [2.75, 3.05) is 17.6 Å². The van der Waals surface area contributed by atoms with Crippen LogP contribution in [0.1, 0.15) is 0 Å². The molecule has 0 spiro atoms. The van der Waals surface area contributed by atoms with Gasteiger partial charge >= 0.3 is 0 Å². The van der Waals surface area contributed by atoms with E-state index in [-0.39, 0.29) is 24.1 Å². The van der Waals surface area contributed by atoms with Gasteiger partial charge in [0.15, 0.2) is 6.73 Å². The summed E-state index contributed by atoms with van der Waals surface area (Å²) in [6, 6.07) is 19.1. The second kappa shape index (κ2) is 9.72. The minimum absolute atomic E-state index is 0.154. The molecule has 5 heterocycles. The van der Waals surface area contributed by atoms with Crippen LogP contribution in [-0.4, -0.2) is 41.5 Å².